The van der Waals surface area contributed by atoms with Gasteiger partial charge in [0, 0.05) is 30.1 Å². The third-order valence-corrected chi connectivity index (χ3v) is 4.50. The number of benzene rings is 1. The SMILES string of the molecule is C[C@@H](CC(=O)Nc1ccc2[nH]c(=S)oc2c1)NC(=O)C1CCCC1. The first-order chi connectivity index (χ1) is 11.5. The van der Waals surface area contributed by atoms with E-state index in [1.807, 2.05) is 6.92 Å². The summed E-state index contributed by atoms with van der Waals surface area (Å²) in [7, 11) is 0. The van der Waals surface area contributed by atoms with Crippen LogP contribution >= 0.6 is 12.2 Å². The normalized spacial score (nSPS) is 16.2. The molecule has 0 radical (unpaired) electrons. The molecule has 128 valence electrons. The zero-order chi connectivity index (χ0) is 17.1. The molecule has 1 aliphatic rings. The maximum absolute atomic E-state index is 12.1. The van der Waals surface area contributed by atoms with Crippen molar-refractivity contribution >= 4 is 40.8 Å². The number of nitrogens with one attached hydrogen (secondary N) is 3. The van der Waals surface area contributed by atoms with Gasteiger partial charge >= 0.3 is 0 Å². The predicted octanol–water partition coefficient (Wildman–Crippen LogP) is 3.51. The number of oxazole rings is 1. The Hall–Kier alpha value is -2.15. The monoisotopic (exact) mass is 347 g/mol. The van der Waals surface area contributed by atoms with Gasteiger partial charge in [-0.25, -0.2) is 0 Å². The molecule has 2 aromatic rings. The van der Waals surface area contributed by atoms with Crippen LogP contribution in [-0.4, -0.2) is 22.8 Å². The van der Waals surface area contributed by atoms with Crippen LogP contribution in [0.25, 0.3) is 11.1 Å². The van der Waals surface area contributed by atoms with Gasteiger partial charge in [0.25, 0.3) is 4.84 Å². The van der Waals surface area contributed by atoms with Gasteiger partial charge < -0.3 is 20.0 Å². The standard InChI is InChI=1S/C17H21N3O3S/c1-10(18-16(22)11-4-2-3-5-11)8-15(21)19-12-6-7-13-14(9-12)23-17(24)20-13/h6-7,9-11H,2-5,8H2,1H3,(H,18,22)(H,19,21)(H,20,24)/t10-/m0/s1. The quantitative estimate of drug-likeness (QED) is 0.722. The Morgan fingerprint density at radius 3 is 2.88 bits per heavy atom. The molecule has 1 heterocycles. The van der Waals surface area contributed by atoms with E-state index in [0.29, 0.717) is 16.1 Å². The highest BCUT2D eigenvalue weighted by Crippen LogP contribution is 2.25. The van der Waals surface area contributed by atoms with Crippen molar-refractivity contribution in [2.75, 3.05) is 5.32 Å². The molecule has 2 amide bonds. The fourth-order valence-electron chi connectivity index (χ4n) is 3.11. The van der Waals surface area contributed by atoms with Gasteiger partial charge in [-0.2, -0.15) is 0 Å². The number of carbonyl (C=O) groups is 2. The van der Waals surface area contributed by atoms with Crippen LogP contribution < -0.4 is 10.6 Å². The van der Waals surface area contributed by atoms with Crippen molar-refractivity contribution in [3.8, 4) is 0 Å². The lowest BCUT2D eigenvalue weighted by molar-refractivity contribution is -0.125. The van der Waals surface area contributed by atoms with Crippen LogP contribution in [0.2, 0.25) is 0 Å². The summed E-state index contributed by atoms with van der Waals surface area (Å²) in [5.41, 5.74) is 2.02. The van der Waals surface area contributed by atoms with Gasteiger partial charge in [-0.1, -0.05) is 12.8 Å². The summed E-state index contributed by atoms with van der Waals surface area (Å²) >= 11 is 4.94. The third-order valence-electron chi connectivity index (χ3n) is 4.31. The fraction of sp³-hybridized carbons (Fsp3) is 0.471. The second kappa shape index (κ2) is 7.17. The molecule has 0 spiro atoms. The zero-order valence-corrected chi connectivity index (χ0v) is 14.4. The number of carbonyl (C=O) groups excluding carboxylic acids is 2. The average molecular weight is 347 g/mol. The summed E-state index contributed by atoms with van der Waals surface area (Å²) in [5, 5.41) is 5.75. The lowest BCUT2D eigenvalue weighted by atomic mass is 10.1. The lowest BCUT2D eigenvalue weighted by Crippen LogP contribution is -2.38. The number of fused-ring (bicyclic) bond motifs is 1. The summed E-state index contributed by atoms with van der Waals surface area (Å²) in [6, 6.07) is 5.11. The molecular formula is C17H21N3O3S. The Balaban J connectivity index is 1.53. The Bertz CT molecular complexity index is 805. The largest absolute Gasteiger partial charge is 0.429 e. The van der Waals surface area contributed by atoms with Gasteiger partial charge in [0.15, 0.2) is 5.58 Å². The summed E-state index contributed by atoms with van der Waals surface area (Å²) in [5.74, 6) is 0.0294. The number of amides is 2. The van der Waals surface area contributed by atoms with Crippen molar-refractivity contribution in [3.63, 3.8) is 0 Å². The van der Waals surface area contributed by atoms with Crippen molar-refractivity contribution in [1.29, 1.82) is 0 Å². The Kier molecular flexibility index (Phi) is 4.99. The van der Waals surface area contributed by atoms with Crippen molar-refractivity contribution in [3.05, 3.63) is 23.0 Å². The van der Waals surface area contributed by atoms with E-state index >= 15 is 0 Å². The molecule has 3 rings (SSSR count). The van der Waals surface area contributed by atoms with Crippen molar-refractivity contribution in [1.82, 2.24) is 10.3 Å². The molecule has 24 heavy (non-hydrogen) atoms. The van der Waals surface area contributed by atoms with Gasteiger partial charge in [0.1, 0.15) is 0 Å². The van der Waals surface area contributed by atoms with Gasteiger partial charge in [0.2, 0.25) is 11.8 Å². The number of aromatic amines is 1. The Morgan fingerprint density at radius 1 is 1.38 bits per heavy atom. The molecule has 1 aromatic heterocycles. The van der Waals surface area contributed by atoms with Gasteiger partial charge in [-0.3, -0.25) is 9.59 Å². The number of rotatable bonds is 5. The molecular weight excluding hydrogens is 326 g/mol. The number of aromatic nitrogens is 1. The molecule has 0 aliphatic heterocycles. The van der Waals surface area contributed by atoms with E-state index < -0.39 is 0 Å². The Labute approximate surface area is 145 Å². The summed E-state index contributed by atoms with van der Waals surface area (Å²) in [4.78, 5) is 27.4. The number of H-pyrrole nitrogens is 1. The van der Waals surface area contributed by atoms with E-state index in [1.165, 1.54) is 0 Å². The van der Waals surface area contributed by atoms with Crippen LogP contribution in [0, 0.1) is 10.8 Å². The minimum absolute atomic E-state index is 0.0679. The molecule has 1 aromatic carbocycles. The molecule has 0 unspecified atom stereocenters. The molecule has 1 fully saturated rings. The van der Waals surface area contributed by atoms with Crippen LogP contribution in [-0.2, 0) is 9.59 Å². The third kappa shape index (κ3) is 4.03. The fourth-order valence-corrected chi connectivity index (χ4v) is 3.31. The number of hydrogen-bond donors (Lipinski definition) is 3. The lowest BCUT2D eigenvalue weighted by Gasteiger charge is -2.16. The molecule has 1 atom stereocenters. The van der Waals surface area contributed by atoms with E-state index in [-0.39, 0.29) is 30.2 Å². The highest BCUT2D eigenvalue weighted by Gasteiger charge is 2.24. The number of hydrogen-bond acceptors (Lipinski definition) is 4. The minimum atomic E-state index is -0.196. The first-order valence-corrected chi connectivity index (χ1v) is 8.65. The molecule has 1 saturated carbocycles. The Morgan fingerprint density at radius 2 is 2.12 bits per heavy atom. The van der Waals surface area contributed by atoms with Crippen molar-refractivity contribution in [2.45, 2.75) is 45.1 Å². The van der Waals surface area contributed by atoms with E-state index in [4.69, 9.17) is 16.6 Å². The maximum atomic E-state index is 12.1. The van der Waals surface area contributed by atoms with E-state index in [0.717, 1.165) is 31.2 Å². The van der Waals surface area contributed by atoms with E-state index in [1.54, 1.807) is 18.2 Å². The summed E-state index contributed by atoms with van der Waals surface area (Å²) < 4.78 is 5.33. The van der Waals surface area contributed by atoms with Crippen molar-refractivity contribution < 1.29 is 14.0 Å². The van der Waals surface area contributed by atoms with Gasteiger partial charge in [-0.05, 0) is 44.1 Å². The van der Waals surface area contributed by atoms with Crippen LogP contribution in [0.15, 0.2) is 22.6 Å². The summed E-state index contributed by atoms with van der Waals surface area (Å²) in [6.07, 6.45) is 4.37. The highest BCUT2D eigenvalue weighted by molar-refractivity contribution is 7.71. The van der Waals surface area contributed by atoms with Crippen LogP contribution in [0.1, 0.15) is 39.0 Å². The molecule has 0 bridgehead atoms. The maximum Gasteiger partial charge on any atom is 0.266 e. The molecule has 6 nitrogen and oxygen atoms in total. The average Bonchev–Trinajstić information content (AvgIpc) is 3.14. The molecule has 7 heteroatoms. The first-order valence-electron chi connectivity index (χ1n) is 8.24. The first kappa shape index (κ1) is 16.7. The second-order valence-corrected chi connectivity index (χ2v) is 6.74. The minimum Gasteiger partial charge on any atom is -0.429 e. The zero-order valence-electron chi connectivity index (χ0n) is 13.6. The van der Waals surface area contributed by atoms with Crippen LogP contribution in [0.5, 0.6) is 0 Å². The predicted molar refractivity (Wildman–Crippen MR) is 94.2 cm³/mol. The molecule has 3 N–H and O–H groups in total. The van der Waals surface area contributed by atoms with Crippen LogP contribution in [0.4, 0.5) is 5.69 Å². The van der Waals surface area contributed by atoms with Crippen molar-refractivity contribution in [2.24, 2.45) is 5.92 Å². The topological polar surface area (TPSA) is 87.1 Å². The molecule has 0 saturated heterocycles. The van der Waals surface area contributed by atoms with E-state index in [9.17, 15) is 9.59 Å². The number of anilines is 1. The summed E-state index contributed by atoms with van der Waals surface area (Å²) in [6.45, 7) is 1.85. The van der Waals surface area contributed by atoms with E-state index in [2.05, 4.69) is 15.6 Å². The van der Waals surface area contributed by atoms with Gasteiger partial charge in [-0.15, -0.1) is 0 Å². The highest BCUT2D eigenvalue weighted by atomic mass is 32.1. The second-order valence-electron chi connectivity index (χ2n) is 6.37. The molecule has 1 aliphatic carbocycles. The van der Waals surface area contributed by atoms with Crippen LogP contribution in [0.3, 0.4) is 0 Å². The smallest absolute Gasteiger partial charge is 0.266 e. The van der Waals surface area contributed by atoms with Gasteiger partial charge in [0.05, 0.1) is 5.52 Å².